The zero-order chi connectivity index (χ0) is 14.0. The summed E-state index contributed by atoms with van der Waals surface area (Å²) in [6, 6.07) is 3.46. The molecule has 2 rings (SSSR count). The summed E-state index contributed by atoms with van der Waals surface area (Å²) < 4.78 is 7.77. The molecule has 2 heterocycles. The topological polar surface area (TPSA) is 78.2 Å². The van der Waals surface area contributed by atoms with Gasteiger partial charge in [-0.05, 0) is 12.1 Å². The number of methoxy groups -OCH3 is 1. The van der Waals surface area contributed by atoms with Crippen LogP contribution < -0.4 is 5.32 Å². The van der Waals surface area contributed by atoms with E-state index in [0.29, 0.717) is 11.5 Å². The maximum absolute atomic E-state index is 12.0. The number of amides is 1. The van der Waals surface area contributed by atoms with E-state index in [4.69, 9.17) is 0 Å². The van der Waals surface area contributed by atoms with E-state index < -0.39 is 5.97 Å². The van der Waals surface area contributed by atoms with Gasteiger partial charge in [0, 0.05) is 26.5 Å². The van der Waals surface area contributed by atoms with E-state index in [1.54, 1.807) is 43.2 Å². The molecule has 2 aromatic heterocycles. The van der Waals surface area contributed by atoms with Gasteiger partial charge in [0.25, 0.3) is 5.91 Å². The molecule has 0 fully saturated rings. The molecular weight excluding hydrogens is 248 g/mol. The first kappa shape index (κ1) is 12.9. The molecule has 0 saturated heterocycles. The number of rotatable bonds is 3. The molecule has 2 aromatic rings. The van der Waals surface area contributed by atoms with Crippen LogP contribution in [-0.4, -0.2) is 33.1 Å². The van der Waals surface area contributed by atoms with Crippen molar-refractivity contribution in [3.63, 3.8) is 0 Å². The highest BCUT2D eigenvalue weighted by Gasteiger charge is 2.16. The predicted molar refractivity (Wildman–Crippen MR) is 67.9 cm³/mol. The minimum atomic E-state index is -0.554. The first-order chi connectivity index (χ1) is 9.02. The quantitative estimate of drug-likeness (QED) is 0.830. The smallest absolute Gasteiger partial charge is 0.374 e. The summed E-state index contributed by atoms with van der Waals surface area (Å²) in [6.45, 7) is 0. The van der Waals surface area contributed by atoms with Crippen LogP contribution in [0.25, 0.3) is 0 Å². The first-order valence-electron chi connectivity index (χ1n) is 5.57. The van der Waals surface area contributed by atoms with Gasteiger partial charge in [-0.3, -0.25) is 4.79 Å². The van der Waals surface area contributed by atoms with Crippen molar-refractivity contribution in [2.24, 2.45) is 14.1 Å². The molecule has 0 unspecified atom stereocenters. The highest BCUT2D eigenvalue weighted by atomic mass is 16.5. The maximum Gasteiger partial charge on any atom is 0.374 e. The van der Waals surface area contributed by atoms with Crippen LogP contribution in [0, 0.1) is 0 Å². The van der Waals surface area contributed by atoms with Crippen LogP contribution >= 0.6 is 0 Å². The fraction of sp³-hybridized carbons (Fsp3) is 0.250. The zero-order valence-corrected chi connectivity index (χ0v) is 10.9. The Hall–Kier alpha value is -2.57. The number of aryl methyl sites for hydroxylation is 2. The molecule has 0 radical (unpaired) electrons. The van der Waals surface area contributed by atoms with Gasteiger partial charge in [-0.15, -0.1) is 0 Å². The van der Waals surface area contributed by atoms with Crippen molar-refractivity contribution >= 4 is 17.7 Å². The van der Waals surface area contributed by atoms with Crippen molar-refractivity contribution in [3.05, 3.63) is 36.0 Å². The molecule has 0 atom stereocenters. The number of carbonyl (C=O) groups is 2. The molecule has 0 aliphatic heterocycles. The number of ether oxygens (including phenoxy) is 1. The number of carbonyl (C=O) groups excluding carboxylic acids is 2. The van der Waals surface area contributed by atoms with E-state index in [1.807, 2.05) is 0 Å². The Labute approximate surface area is 109 Å². The van der Waals surface area contributed by atoms with Crippen molar-refractivity contribution in [3.8, 4) is 0 Å². The largest absolute Gasteiger partial charge is 0.463 e. The van der Waals surface area contributed by atoms with Crippen molar-refractivity contribution in [2.75, 3.05) is 12.4 Å². The lowest BCUT2D eigenvalue weighted by Gasteiger charge is -2.02. The van der Waals surface area contributed by atoms with E-state index in [0.717, 1.165) is 0 Å². The van der Waals surface area contributed by atoms with Crippen molar-refractivity contribution < 1.29 is 14.3 Å². The van der Waals surface area contributed by atoms with E-state index in [1.165, 1.54) is 11.7 Å². The number of anilines is 1. The number of hydrogen-bond acceptors (Lipinski definition) is 4. The SMILES string of the molecule is COC(=O)c1nc(NC(=O)c2cccn2C)cn1C. The molecule has 0 aliphatic rings. The second-order valence-electron chi connectivity index (χ2n) is 4.01. The first-order valence-corrected chi connectivity index (χ1v) is 5.57. The maximum atomic E-state index is 12.0. The Morgan fingerprint density at radius 1 is 1.32 bits per heavy atom. The Morgan fingerprint density at radius 2 is 2.05 bits per heavy atom. The molecule has 7 heteroatoms. The van der Waals surface area contributed by atoms with Gasteiger partial charge in [-0.2, -0.15) is 0 Å². The van der Waals surface area contributed by atoms with Crippen molar-refractivity contribution in [1.82, 2.24) is 14.1 Å². The van der Waals surface area contributed by atoms with Crippen LogP contribution in [-0.2, 0) is 18.8 Å². The molecule has 100 valence electrons. The third-order valence-electron chi connectivity index (χ3n) is 2.66. The van der Waals surface area contributed by atoms with E-state index in [-0.39, 0.29) is 11.7 Å². The summed E-state index contributed by atoms with van der Waals surface area (Å²) in [6.07, 6.45) is 3.32. The number of nitrogens with one attached hydrogen (secondary N) is 1. The number of nitrogens with zero attached hydrogens (tertiary/aromatic N) is 3. The van der Waals surface area contributed by atoms with Gasteiger partial charge >= 0.3 is 5.97 Å². The number of hydrogen-bond donors (Lipinski definition) is 1. The fourth-order valence-corrected chi connectivity index (χ4v) is 1.68. The van der Waals surface area contributed by atoms with Crippen LogP contribution in [0.3, 0.4) is 0 Å². The van der Waals surface area contributed by atoms with Gasteiger partial charge in [0.1, 0.15) is 5.69 Å². The summed E-state index contributed by atoms with van der Waals surface area (Å²) in [7, 11) is 4.70. The molecule has 0 aromatic carbocycles. The minimum Gasteiger partial charge on any atom is -0.463 e. The molecule has 19 heavy (non-hydrogen) atoms. The number of esters is 1. The van der Waals surface area contributed by atoms with Crippen LogP contribution in [0.1, 0.15) is 21.1 Å². The summed E-state index contributed by atoms with van der Waals surface area (Å²) >= 11 is 0. The molecule has 0 aliphatic carbocycles. The lowest BCUT2D eigenvalue weighted by molar-refractivity contribution is 0.0582. The Kier molecular flexibility index (Phi) is 3.37. The van der Waals surface area contributed by atoms with Crippen molar-refractivity contribution in [2.45, 2.75) is 0 Å². The Morgan fingerprint density at radius 3 is 2.63 bits per heavy atom. The number of aromatic nitrogens is 3. The van der Waals surface area contributed by atoms with Gasteiger partial charge < -0.3 is 19.2 Å². The van der Waals surface area contributed by atoms with E-state index in [9.17, 15) is 9.59 Å². The van der Waals surface area contributed by atoms with E-state index >= 15 is 0 Å². The molecule has 1 amide bonds. The fourth-order valence-electron chi connectivity index (χ4n) is 1.68. The third-order valence-corrected chi connectivity index (χ3v) is 2.66. The highest BCUT2D eigenvalue weighted by molar-refractivity contribution is 6.02. The zero-order valence-electron chi connectivity index (χ0n) is 10.9. The molecule has 7 nitrogen and oxygen atoms in total. The summed E-state index contributed by atoms with van der Waals surface area (Å²) in [4.78, 5) is 27.4. The van der Waals surface area contributed by atoms with Crippen molar-refractivity contribution in [1.29, 1.82) is 0 Å². The van der Waals surface area contributed by atoms with Gasteiger partial charge in [-0.25, -0.2) is 9.78 Å². The van der Waals surface area contributed by atoms with Crippen LogP contribution in [0.4, 0.5) is 5.82 Å². The van der Waals surface area contributed by atoms with Crippen LogP contribution in [0.5, 0.6) is 0 Å². The molecule has 1 N–H and O–H groups in total. The Balaban J connectivity index is 2.19. The molecule has 0 saturated carbocycles. The van der Waals surface area contributed by atoms with Gasteiger partial charge in [0.2, 0.25) is 5.82 Å². The molecular formula is C12H14N4O3. The van der Waals surface area contributed by atoms with E-state index in [2.05, 4.69) is 15.0 Å². The third kappa shape index (κ3) is 2.49. The lowest BCUT2D eigenvalue weighted by Crippen LogP contribution is -2.15. The van der Waals surface area contributed by atoms with Gasteiger partial charge in [0.05, 0.1) is 7.11 Å². The lowest BCUT2D eigenvalue weighted by atomic mass is 10.4. The van der Waals surface area contributed by atoms with Crippen LogP contribution in [0.15, 0.2) is 24.5 Å². The van der Waals surface area contributed by atoms with Gasteiger partial charge in [0.15, 0.2) is 5.82 Å². The van der Waals surface area contributed by atoms with Gasteiger partial charge in [-0.1, -0.05) is 0 Å². The second-order valence-corrected chi connectivity index (χ2v) is 4.01. The number of imidazole rings is 1. The standard InChI is InChI=1S/C12H14N4O3/c1-15-6-4-5-8(15)11(17)14-9-7-16(2)10(13-9)12(18)19-3/h4-7H,1-3H3,(H,14,17). The summed E-state index contributed by atoms with van der Waals surface area (Å²) in [5.74, 6) is -0.414. The Bertz CT molecular complexity index is 627. The summed E-state index contributed by atoms with van der Waals surface area (Å²) in [5.41, 5.74) is 0.505. The average Bonchev–Trinajstić information content (AvgIpc) is 2.94. The minimum absolute atomic E-state index is 0.129. The van der Waals surface area contributed by atoms with Crippen LogP contribution in [0.2, 0.25) is 0 Å². The normalized spacial score (nSPS) is 10.3. The highest BCUT2D eigenvalue weighted by Crippen LogP contribution is 2.10. The predicted octanol–water partition coefficient (Wildman–Crippen LogP) is 0.797. The monoisotopic (exact) mass is 262 g/mol. The average molecular weight is 262 g/mol. The summed E-state index contributed by atoms with van der Waals surface area (Å²) in [5, 5.41) is 2.63. The second kappa shape index (κ2) is 4.97. The molecule has 0 bridgehead atoms. The molecule has 0 spiro atoms.